The number of halogens is 1. The van der Waals surface area contributed by atoms with E-state index in [-0.39, 0.29) is 17.2 Å². The van der Waals surface area contributed by atoms with Crippen LogP contribution in [0.3, 0.4) is 0 Å². The summed E-state index contributed by atoms with van der Waals surface area (Å²) in [6.07, 6.45) is 8.49. The second-order valence-electron chi connectivity index (χ2n) is 7.58. The molecule has 3 saturated carbocycles. The molecule has 4 heteroatoms. The van der Waals surface area contributed by atoms with Gasteiger partial charge in [-0.25, -0.2) is 9.37 Å². The number of Topliss-reactive ketones (excluding diaryl/α,β-unsaturated/α-hetero) is 1. The average Bonchev–Trinajstić information content (AvgIpc) is 2.70. The second kappa shape index (κ2) is 7.18. The molecule has 2 aromatic rings. The van der Waals surface area contributed by atoms with Crippen molar-refractivity contribution in [2.24, 2.45) is 11.8 Å². The van der Waals surface area contributed by atoms with E-state index >= 15 is 0 Å². The Hall–Kier alpha value is -2.23. The summed E-state index contributed by atoms with van der Waals surface area (Å²) in [7, 11) is 0. The summed E-state index contributed by atoms with van der Waals surface area (Å²) in [6.45, 7) is 1.74. The molecule has 1 heterocycles. The molecule has 26 heavy (non-hydrogen) atoms. The van der Waals surface area contributed by atoms with Gasteiger partial charge in [-0.15, -0.1) is 0 Å². The van der Waals surface area contributed by atoms with Gasteiger partial charge >= 0.3 is 0 Å². The topological polar surface area (TPSA) is 39.2 Å². The Morgan fingerprint density at radius 3 is 2.50 bits per heavy atom. The number of aromatic nitrogens is 1. The molecule has 0 radical (unpaired) electrons. The van der Waals surface area contributed by atoms with Gasteiger partial charge in [0, 0.05) is 18.2 Å². The lowest BCUT2D eigenvalue weighted by Crippen LogP contribution is -2.29. The zero-order chi connectivity index (χ0) is 18.1. The van der Waals surface area contributed by atoms with E-state index in [1.807, 2.05) is 12.1 Å². The summed E-state index contributed by atoms with van der Waals surface area (Å²) in [5.74, 6) is 2.09. The number of ketones is 1. The number of fused-ring (bicyclic) bond motifs is 3. The molecule has 3 aliphatic rings. The number of rotatable bonds is 5. The maximum absolute atomic E-state index is 14.2. The summed E-state index contributed by atoms with van der Waals surface area (Å²) >= 11 is 0. The van der Waals surface area contributed by atoms with Crippen LogP contribution in [-0.2, 0) is 0 Å². The molecule has 5 rings (SSSR count). The van der Waals surface area contributed by atoms with Gasteiger partial charge < -0.3 is 4.74 Å². The zero-order valence-electron chi connectivity index (χ0n) is 15.1. The standard InChI is InChI=1S/C22H24FNO2/c1-2-21(25)17-12-20(23)22(24-13-17)26-18-9-7-16(8-10-18)19-11-14-3-5-15(19)6-4-14/h7-10,12-15,19H,2-6,11H2,1H3. The molecule has 1 aromatic heterocycles. The van der Waals surface area contributed by atoms with E-state index in [2.05, 4.69) is 17.1 Å². The van der Waals surface area contributed by atoms with Crippen molar-refractivity contribution >= 4 is 5.78 Å². The van der Waals surface area contributed by atoms with E-state index in [9.17, 15) is 9.18 Å². The number of benzene rings is 1. The summed E-state index contributed by atoms with van der Waals surface area (Å²) in [5.41, 5.74) is 1.64. The lowest BCUT2D eigenvalue weighted by molar-refractivity contribution is 0.0987. The van der Waals surface area contributed by atoms with Gasteiger partial charge in [0.2, 0.25) is 0 Å². The normalized spacial score (nSPS) is 24.5. The molecule has 3 nitrogen and oxygen atoms in total. The summed E-state index contributed by atoms with van der Waals surface area (Å²) < 4.78 is 19.7. The van der Waals surface area contributed by atoms with Crippen LogP contribution in [0.25, 0.3) is 0 Å². The smallest absolute Gasteiger partial charge is 0.255 e. The van der Waals surface area contributed by atoms with Crippen molar-refractivity contribution in [3.05, 3.63) is 53.5 Å². The first-order valence-corrected chi connectivity index (χ1v) is 9.60. The van der Waals surface area contributed by atoms with Gasteiger partial charge in [-0.05, 0) is 60.8 Å². The highest BCUT2D eigenvalue weighted by molar-refractivity contribution is 5.95. The molecule has 0 spiro atoms. The fraction of sp³-hybridized carbons (Fsp3) is 0.455. The first-order chi connectivity index (χ1) is 12.6. The van der Waals surface area contributed by atoms with Gasteiger partial charge in [0.05, 0.1) is 0 Å². The fourth-order valence-corrected chi connectivity index (χ4v) is 4.54. The summed E-state index contributed by atoms with van der Waals surface area (Å²) in [4.78, 5) is 15.6. The number of carbonyl (C=O) groups excluding carboxylic acids is 1. The summed E-state index contributed by atoms with van der Waals surface area (Å²) in [6, 6.07) is 9.19. The molecular weight excluding hydrogens is 329 g/mol. The Morgan fingerprint density at radius 2 is 1.92 bits per heavy atom. The van der Waals surface area contributed by atoms with Crippen molar-refractivity contribution < 1.29 is 13.9 Å². The second-order valence-corrected chi connectivity index (χ2v) is 7.58. The van der Waals surface area contributed by atoms with Gasteiger partial charge in [0.25, 0.3) is 5.88 Å². The molecular formula is C22H24FNO2. The third-order valence-corrected chi connectivity index (χ3v) is 6.02. The molecule has 136 valence electrons. The van der Waals surface area contributed by atoms with Crippen LogP contribution >= 0.6 is 0 Å². The Kier molecular flexibility index (Phi) is 4.75. The largest absolute Gasteiger partial charge is 0.436 e. The van der Waals surface area contributed by atoms with Crippen LogP contribution in [0.2, 0.25) is 0 Å². The third kappa shape index (κ3) is 3.37. The molecule has 0 aliphatic heterocycles. The monoisotopic (exact) mass is 353 g/mol. The van der Waals surface area contributed by atoms with Gasteiger partial charge in [-0.1, -0.05) is 31.9 Å². The first-order valence-electron chi connectivity index (χ1n) is 9.60. The highest BCUT2D eigenvalue weighted by Gasteiger charge is 2.36. The summed E-state index contributed by atoms with van der Waals surface area (Å²) in [5, 5.41) is 0. The Morgan fingerprint density at radius 1 is 1.19 bits per heavy atom. The minimum absolute atomic E-state index is 0.0953. The lowest BCUT2D eigenvalue weighted by Gasteiger charge is -2.42. The predicted molar refractivity (Wildman–Crippen MR) is 98.1 cm³/mol. The number of hydrogen-bond acceptors (Lipinski definition) is 3. The third-order valence-electron chi connectivity index (χ3n) is 6.02. The van der Waals surface area contributed by atoms with E-state index in [0.717, 1.165) is 11.8 Å². The molecule has 1 aromatic carbocycles. The number of carbonyl (C=O) groups is 1. The van der Waals surface area contributed by atoms with Gasteiger partial charge in [0.1, 0.15) is 5.75 Å². The molecule has 0 N–H and O–H groups in total. The molecule has 3 fully saturated rings. The Labute approximate surface area is 153 Å². The van der Waals surface area contributed by atoms with E-state index < -0.39 is 5.82 Å². The molecule has 3 aliphatic carbocycles. The van der Waals surface area contributed by atoms with Gasteiger partial charge in [-0.2, -0.15) is 0 Å². The van der Waals surface area contributed by atoms with Crippen LogP contribution in [0.4, 0.5) is 4.39 Å². The maximum atomic E-state index is 14.2. The molecule has 0 amide bonds. The molecule has 1 atom stereocenters. The van der Waals surface area contributed by atoms with E-state index in [4.69, 9.17) is 4.74 Å². The highest BCUT2D eigenvalue weighted by Crippen LogP contribution is 2.49. The molecule has 2 bridgehead atoms. The fourth-order valence-electron chi connectivity index (χ4n) is 4.54. The van der Waals surface area contributed by atoms with Crippen molar-refractivity contribution in [3.63, 3.8) is 0 Å². The maximum Gasteiger partial charge on any atom is 0.255 e. The Bertz CT molecular complexity index is 794. The van der Waals surface area contributed by atoms with Crippen molar-refractivity contribution in [2.75, 3.05) is 0 Å². The minimum atomic E-state index is -0.613. The van der Waals surface area contributed by atoms with Crippen LogP contribution in [0.5, 0.6) is 11.6 Å². The van der Waals surface area contributed by atoms with E-state index in [0.29, 0.717) is 18.1 Å². The zero-order valence-corrected chi connectivity index (χ0v) is 15.1. The quantitative estimate of drug-likeness (QED) is 0.628. The van der Waals surface area contributed by atoms with Gasteiger partial charge in [-0.3, -0.25) is 4.79 Å². The van der Waals surface area contributed by atoms with E-state index in [1.54, 1.807) is 6.92 Å². The van der Waals surface area contributed by atoms with Crippen LogP contribution in [0, 0.1) is 17.7 Å². The average molecular weight is 353 g/mol. The predicted octanol–water partition coefficient (Wildman–Crippen LogP) is 5.90. The number of nitrogens with zero attached hydrogens (tertiary/aromatic N) is 1. The van der Waals surface area contributed by atoms with Crippen molar-refractivity contribution in [1.29, 1.82) is 0 Å². The van der Waals surface area contributed by atoms with Gasteiger partial charge in [0.15, 0.2) is 11.6 Å². The highest BCUT2D eigenvalue weighted by atomic mass is 19.1. The SMILES string of the molecule is CCC(=O)c1cnc(Oc2ccc(C3CC4CCC3CC4)cc2)c(F)c1. The molecule has 1 unspecified atom stereocenters. The van der Waals surface area contributed by atoms with Crippen molar-refractivity contribution in [1.82, 2.24) is 4.98 Å². The van der Waals surface area contributed by atoms with Crippen LogP contribution in [0.15, 0.2) is 36.5 Å². The number of pyridine rings is 1. The number of hydrogen-bond donors (Lipinski definition) is 0. The molecule has 0 saturated heterocycles. The number of ether oxygens (including phenoxy) is 1. The van der Waals surface area contributed by atoms with Crippen molar-refractivity contribution in [3.8, 4) is 11.6 Å². The minimum Gasteiger partial charge on any atom is -0.436 e. The first kappa shape index (κ1) is 17.2. The van der Waals surface area contributed by atoms with Crippen molar-refractivity contribution in [2.45, 2.75) is 51.4 Å². The van der Waals surface area contributed by atoms with Crippen LogP contribution < -0.4 is 4.74 Å². The van der Waals surface area contributed by atoms with E-state index in [1.165, 1.54) is 49.9 Å². The lowest BCUT2D eigenvalue weighted by atomic mass is 9.63. The van der Waals surface area contributed by atoms with Crippen LogP contribution in [-0.4, -0.2) is 10.8 Å². The van der Waals surface area contributed by atoms with Crippen LogP contribution in [0.1, 0.15) is 67.3 Å². The Balaban J connectivity index is 1.47.